The van der Waals surface area contributed by atoms with Gasteiger partial charge in [0.05, 0.1) is 28.8 Å². The molecule has 0 spiro atoms. The Kier molecular flexibility index (Phi) is 10.3. The van der Waals surface area contributed by atoms with Crippen LogP contribution in [0.5, 0.6) is 0 Å². The summed E-state index contributed by atoms with van der Waals surface area (Å²) in [6.45, 7) is 6.45. The molecule has 3 aromatic heterocycles. The number of tetrazole rings is 1. The van der Waals surface area contributed by atoms with Crippen LogP contribution in [0.2, 0.25) is 5.02 Å². The number of nitriles is 1. The molecule has 2 fully saturated rings. The molecule has 1 aliphatic heterocycles. The molecule has 3 aromatic rings. The number of nitrogens with zero attached hydrogens (tertiary/aromatic N) is 6. The molecule has 0 aromatic carbocycles. The summed E-state index contributed by atoms with van der Waals surface area (Å²) in [6.07, 6.45) is 8.46. The average molecular weight is 594 g/mol. The van der Waals surface area contributed by atoms with Crippen molar-refractivity contribution in [1.82, 2.24) is 35.9 Å². The topological polar surface area (TPSA) is 147 Å². The third kappa shape index (κ3) is 8.01. The van der Waals surface area contributed by atoms with Gasteiger partial charge in [-0.05, 0) is 82.9 Å². The van der Waals surface area contributed by atoms with E-state index in [2.05, 4.69) is 55.3 Å². The van der Waals surface area contributed by atoms with Gasteiger partial charge in [0, 0.05) is 49.3 Å². The second-order valence-corrected chi connectivity index (χ2v) is 12.1. The van der Waals surface area contributed by atoms with Gasteiger partial charge in [-0.25, -0.2) is 4.98 Å². The highest BCUT2D eigenvalue weighted by molar-refractivity contribution is 6.33. The molecular weight excluding hydrogens is 554 g/mol. The highest BCUT2D eigenvalue weighted by atomic mass is 35.5. The third-order valence-corrected chi connectivity index (χ3v) is 8.72. The lowest BCUT2D eigenvalue weighted by molar-refractivity contribution is 0.0432. The second kappa shape index (κ2) is 14.3. The lowest BCUT2D eigenvalue weighted by Gasteiger charge is -2.31. The van der Waals surface area contributed by atoms with Crippen LogP contribution >= 0.6 is 11.6 Å². The SMILES string of the molecule is C[C@H](OC[C@H](C)NC1CCC(Cc2cc(-c3cccc(NCC4(C#N)CCOCC4)n3)c(Cl)cn2)CC1)c1nn[nH]n1. The number of pyridine rings is 2. The maximum absolute atomic E-state index is 9.77. The van der Waals surface area contributed by atoms with Crippen molar-refractivity contribution >= 4 is 17.4 Å². The number of hydrogen-bond donors (Lipinski definition) is 3. The molecule has 11 nitrogen and oxygen atoms in total. The van der Waals surface area contributed by atoms with Crippen molar-refractivity contribution in [2.75, 3.05) is 31.7 Å². The number of aromatic amines is 1. The van der Waals surface area contributed by atoms with E-state index in [-0.39, 0.29) is 12.1 Å². The molecule has 1 saturated carbocycles. The predicted octanol–water partition coefficient (Wildman–Crippen LogP) is 4.90. The number of anilines is 1. The number of rotatable bonds is 12. The van der Waals surface area contributed by atoms with E-state index in [0.29, 0.717) is 49.2 Å². The Morgan fingerprint density at radius 2 is 2.02 bits per heavy atom. The molecule has 5 rings (SSSR count). The number of halogens is 1. The van der Waals surface area contributed by atoms with Gasteiger partial charge in [0.1, 0.15) is 11.9 Å². The van der Waals surface area contributed by atoms with Crippen molar-refractivity contribution in [3.05, 3.63) is 47.0 Å². The van der Waals surface area contributed by atoms with Gasteiger partial charge in [-0.1, -0.05) is 22.9 Å². The summed E-state index contributed by atoms with van der Waals surface area (Å²) in [6, 6.07) is 11.2. The molecule has 224 valence electrons. The first kappa shape index (κ1) is 30.3. The highest BCUT2D eigenvalue weighted by Gasteiger charge is 2.32. The molecule has 0 radical (unpaired) electrons. The van der Waals surface area contributed by atoms with Crippen LogP contribution in [0.1, 0.15) is 70.0 Å². The Bertz CT molecular complexity index is 1320. The summed E-state index contributed by atoms with van der Waals surface area (Å²) in [4.78, 5) is 9.48. The molecule has 4 heterocycles. The maximum Gasteiger partial charge on any atom is 0.202 e. The number of ether oxygens (including phenoxy) is 2. The summed E-state index contributed by atoms with van der Waals surface area (Å²) in [5, 5.41) is 31.5. The predicted molar refractivity (Wildman–Crippen MR) is 160 cm³/mol. The monoisotopic (exact) mass is 593 g/mol. The Morgan fingerprint density at radius 3 is 2.76 bits per heavy atom. The molecule has 2 atom stereocenters. The summed E-state index contributed by atoms with van der Waals surface area (Å²) in [5.41, 5.74) is 2.29. The molecular formula is C30H40ClN9O2. The Balaban J connectivity index is 1.11. The van der Waals surface area contributed by atoms with Crippen LogP contribution in [0.25, 0.3) is 11.3 Å². The van der Waals surface area contributed by atoms with Crippen molar-refractivity contribution in [2.45, 2.75) is 77.0 Å². The van der Waals surface area contributed by atoms with E-state index in [4.69, 9.17) is 26.1 Å². The van der Waals surface area contributed by atoms with Crippen LogP contribution in [0.4, 0.5) is 5.82 Å². The van der Waals surface area contributed by atoms with E-state index in [1.165, 1.54) is 0 Å². The summed E-state index contributed by atoms with van der Waals surface area (Å²) < 4.78 is 11.4. The summed E-state index contributed by atoms with van der Waals surface area (Å²) in [7, 11) is 0. The van der Waals surface area contributed by atoms with Gasteiger partial charge in [-0.3, -0.25) is 4.98 Å². The maximum atomic E-state index is 9.77. The zero-order valence-electron chi connectivity index (χ0n) is 24.4. The molecule has 0 amide bonds. The number of H-pyrrole nitrogens is 1. The van der Waals surface area contributed by atoms with Gasteiger partial charge in [-0.2, -0.15) is 10.5 Å². The van der Waals surface area contributed by atoms with Crippen LogP contribution in [0.15, 0.2) is 30.5 Å². The minimum absolute atomic E-state index is 0.192. The lowest BCUT2D eigenvalue weighted by atomic mass is 9.82. The van der Waals surface area contributed by atoms with Crippen LogP contribution in [0, 0.1) is 22.7 Å². The van der Waals surface area contributed by atoms with E-state index in [0.717, 1.165) is 67.7 Å². The van der Waals surface area contributed by atoms with E-state index in [1.807, 2.05) is 25.1 Å². The van der Waals surface area contributed by atoms with Gasteiger partial charge in [0.25, 0.3) is 0 Å². The van der Waals surface area contributed by atoms with Crippen LogP contribution in [0.3, 0.4) is 0 Å². The minimum Gasteiger partial charge on any atom is -0.381 e. The normalized spacial score (nSPS) is 21.8. The average Bonchev–Trinajstić information content (AvgIpc) is 3.57. The first-order valence-corrected chi connectivity index (χ1v) is 15.3. The van der Waals surface area contributed by atoms with E-state index in [9.17, 15) is 5.26 Å². The number of hydrogen-bond acceptors (Lipinski definition) is 10. The first-order chi connectivity index (χ1) is 20.4. The Hall–Kier alpha value is -3.17. The van der Waals surface area contributed by atoms with Crippen LogP contribution in [-0.2, 0) is 15.9 Å². The van der Waals surface area contributed by atoms with Crippen molar-refractivity contribution in [3.8, 4) is 17.3 Å². The number of nitrogens with one attached hydrogen (secondary N) is 3. The fourth-order valence-corrected chi connectivity index (χ4v) is 6.01. The van der Waals surface area contributed by atoms with Gasteiger partial charge in [0.2, 0.25) is 5.82 Å². The van der Waals surface area contributed by atoms with E-state index >= 15 is 0 Å². The zero-order chi connectivity index (χ0) is 29.4. The molecule has 42 heavy (non-hydrogen) atoms. The molecule has 12 heteroatoms. The van der Waals surface area contributed by atoms with Crippen molar-refractivity contribution < 1.29 is 9.47 Å². The zero-order valence-corrected chi connectivity index (χ0v) is 25.1. The van der Waals surface area contributed by atoms with Crippen LogP contribution < -0.4 is 10.6 Å². The summed E-state index contributed by atoms with van der Waals surface area (Å²) in [5.74, 6) is 1.88. The van der Waals surface area contributed by atoms with Crippen molar-refractivity contribution in [2.24, 2.45) is 11.3 Å². The van der Waals surface area contributed by atoms with Crippen LogP contribution in [-0.4, -0.2) is 69.0 Å². The molecule has 3 N–H and O–H groups in total. The fourth-order valence-electron chi connectivity index (χ4n) is 5.81. The van der Waals surface area contributed by atoms with Crippen molar-refractivity contribution in [1.29, 1.82) is 5.26 Å². The van der Waals surface area contributed by atoms with Gasteiger partial charge < -0.3 is 20.1 Å². The largest absolute Gasteiger partial charge is 0.381 e. The molecule has 0 bridgehead atoms. The third-order valence-electron chi connectivity index (χ3n) is 8.42. The second-order valence-electron chi connectivity index (χ2n) is 11.7. The molecule has 1 saturated heterocycles. The van der Waals surface area contributed by atoms with E-state index in [1.54, 1.807) is 6.20 Å². The Labute approximate surface area is 252 Å². The van der Waals surface area contributed by atoms with Gasteiger partial charge >= 0.3 is 0 Å². The fraction of sp³-hybridized carbons (Fsp3) is 0.600. The van der Waals surface area contributed by atoms with E-state index < -0.39 is 5.41 Å². The smallest absolute Gasteiger partial charge is 0.202 e. The standard InChI is InChI=1S/C30H40ClN9O2/c1-20(17-42-21(2)29-37-39-40-38-29)35-23-8-6-22(7-9-23)14-24-15-25(26(31)16-33-24)27-4-3-5-28(36-27)34-19-30(18-32)10-12-41-13-11-30/h3-5,15-16,20-23,35H,6-14,17,19H2,1-2H3,(H,34,36)(H,37,38,39,40)/t20-,21-,22?,23?/m0/s1. The molecule has 0 unspecified atom stereocenters. The van der Waals surface area contributed by atoms with Gasteiger partial charge in [0.15, 0.2) is 0 Å². The first-order valence-electron chi connectivity index (χ1n) is 14.9. The minimum atomic E-state index is -0.424. The Morgan fingerprint density at radius 1 is 1.21 bits per heavy atom. The van der Waals surface area contributed by atoms with Gasteiger partial charge in [-0.15, -0.1) is 10.2 Å². The quantitative estimate of drug-likeness (QED) is 0.265. The highest BCUT2D eigenvalue weighted by Crippen LogP contribution is 2.33. The number of aromatic nitrogens is 6. The van der Waals surface area contributed by atoms with Crippen molar-refractivity contribution in [3.63, 3.8) is 0 Å². The lowest BCUT2D eigenvalue weighted by Crippen LogP contribution is -2.41. The molecule has 1 aliphatic carbocycles. The molecule has 2 aliphatic rings. The summed E-state index contributed by atoms with van der Waals surface area (Å²) >= 11 is 6.60.